The van der Waals surface area contributed by atoms with E-state index < -0.39 is 11.7 Å². The van der Waals surface area contributed by atoms with Crippen LogP contribution in [0.4, 0.5) is 15.9 Å². The standard InChI is InChI=1S/C20H19FN4O2/c1-11-6-12(2)8-14(7-11)22-20(27)13-9-17(26)25(10-13)19-18-15(21)4-3-5-16(18)23-24-19/h3-8,13H,9-10H2,1-2H3,(H,22,27)(H,23,24). The molecule has 1 aliphatic heterocycles. The third-order valence-corrected chi connectivity index (χ3v) is 4.76. The van der Waals surface area contributed by atoms with Crippen LogP contribution in [0.1, 0.15) is 17.5 Å². The van der Waals surface area contributed by atoms with Crippen LogP contribution in [0.3, 0.4) is 0 Å². The Kier molecular flexibility index (Phi) is 4.14. The minimum absolute atomic E-state index is 0.0689. The summed E-state index contributed by atoms with van der Waals surface area (Å²) in [6.45, 7) is 4.09. The van der Waals surface area contributed by atoms with Gasteiger partial charge in [-0.15, -0.1) is 0 Å². The number of aryl methyl sites for hydroxylation is 2. The topological polar surface area (TPSA) is 78.1 Å². The molecule has 2 amide bonds. The SMILES string of the molecule is Cc1cc(C)cc(NC(=O)C2CC(=O)N(c3n[nH]c4cccc(F)c34)C2)c1. The maximum absolute atomic E-state index is 14.2. The lowest BCUT2D eigenvalue weighted by Gasteiger charge is -2.15. The van der Waals surface area contributed by atoms with Gasteiger partial charge in [0.15, 0.2) is 5.82 Å². The Morgan fingerprint density at radius 2 is 2.00 bits per heavy atom. The molecule has 2 aromatic carbocycles. The molecule has 6 nitrogen and oxygen atoms in total. The van der Waals surface area contributed by atoms with Gasteiger partial charge < -0.3 is 5.32 Å². The molecule has 0 aliphatic carbocycles. The highest BCUT2D eigenvalue weighted by atomic mass is 19.1. The summed E-state index contributed by atoms with van der Waals surface area (Å²) in [6.07, 6.45) is 0.0689. The van der Waals surface area contributed by atoms with Crippen LogP contribution >= 0.6 is 0 Å². The monoisotopic (exact) mass is 366 g/mol. The van der Waals surface area contributed by atoms with Gasteiger partial charge in [0.2, 0.25) is 11.8 Å². The van der Waals surface area contributed by atoms with Crippen LogP contribution in [0.2, 0.25) is 0 Å². The van der Waals surface area contributed by atoms with Crippen LogP contribution in [0.15, 0.2) is 36.4 Å². The van der Waals surface area contributed by atoms with Crippen molar-refractivity contribution in [3.63, 3.8) is 0 Å². The van der Waals surface area contributed by atoms with Crippen LogP contribution in [-0.2, 0) is 9.59 Å². The number of rotatable bonds is 3. The summed E-state index contributed by atoms with van der Waals surface area (Å²) in [5.41, 5.74) is 3.32. The summed E-state index contributed by atoms with van der Waals surface area (Å²) in [5, 5.41) is 9.98. The summed E-state index contributed by atoms with van der Waals surface area (Å²) < 4.78 is 14.2. The van der Waals surface area contributed by atoms with Crippen molar-refractivity contribution in [2.24, 2.45) is 5.92 Å². The molecule has 7 heteroatoms. The first kappa shape index (κ1) is 17.2. The molecule has 27 heavy (non-hydrogen) atoms. The van der Waals surface area contributed by atoms with Crippen LogP contribution in [0.25, 0.3) is 10.9 Å². The van der Waals surface area contributed by atoms with E-state index in [1.54, 1.807) is 12.1 Å². The zero-order chi connectivity index (χ0) is 19.1. The van der Waals surface area contributed by atoms with Crippen molar-refractivity contribution < 1.29 is 14.0 Å². The fourth-order valence-electron chi connectivity index (χ4n) is 3.59. The second-order valence-corrected chi connectivity index (χ2v) is 6.98. The summed E-state index contributed by atoms with van der Waals surface area (Å²) in [7, 11) is 0. The Hall–Kier alpha value is -3.22. The van der Waals surface area contributed by atoms with E-state index in [4.69, 9.17) is 0 Å². The van der Waals surface area contributed by atoms with Gasteiger partial charge in [0.1, 0.15) is 5.82 Å². The number of fused-ring (bicyclic) bond motifs is 1. The minimum Gasteiger partial charge on any atom is -0.326 e. The van der Waals surface area contributed by atoms with E-state index in [0.29, 0.717) is 11.2 Å². The van der Waals surface area contributed by atoms with Gasteiger partial charge in [0.05, 0.1) is 16.8 Å². The molecule has 138 valence electrons. The number of aromatic nitrogens is 2. The van der Waals surface area contributed by atoms with Gasteiger partial charge in [-0.05, 0) is 49.2 Å². The van der Waals surface area contributed by atoms with E-state index in [2.05, 4.69) is 15.5 Å². The molecule has 3 aromatic rings. The van der Waals surface area contributed by atoms with E-state index in [1.165, 1.54) is 11.0 Å². The molecule has 1 aliphatic rings. The molecule has 1 unspecified atom stereocenters. The summed E-state index contributed by atoms with van der Waals surface area (Å²) in [4.78, 5) is 26.5. The molecule has 4 rings (SSSR count). The second kappa shape index (κ2) is 6.50. The first-order valence-corrected chi connectivity index (χ1v) is 8.74. The minimum atomic E-state index is -0.517. The number of aromatic amines is 1. The predicted molar refractivity (Wildman–Crippen MR) is 101 cm³/mol. The summed E-state index contributed by atoms with van der Waals surface area (Å²) in [5.74, 6) is -1.21. The number of anilines is 2. The Labute approximate surface area is 155 Å². The van der Waals surface area contributed by atoms with Gasteiger partial charge in [0, 0.05) is 18.7 Å². The average molecular weight is 366 g/mol. The van der Waals surface area contributed by atoms with Crippen molar-refractivity contribution in [1.29, 1.82) is 0 Å². The zero-order valence-electron chi connectivity index (χ0n) is 15.0. The largest absolute Gasteiger partial charge is 0.326 e. The van der Waals surface area contributed by atoms with E-state index in [0.717, 1.165) is 11.1 Å². The lowest BCUT2D eigenvalue weighted by Crippen LogP contribution is -2.28. The average Bonchev–Trinajstić information content (AvgIpc) is 3.18. The number of halogens is 1. The van der Waals surface area contributed by atoms with Crippen LogP contribution in [-0.4, -0.2) is 28.6 Å². The maximum atomic E-state index is 14.2. The van der Waals surface area contributed by atoms with Gasteiger partial charge in [-0.1, -0.05) is 12.1 Å². The van der Waals surface area contributed by atoms with E-state index in [1.807, 2.05) is 32.0 Å². The molecule has 1 aromatic heterocycles. The van der Waals surface area contributed by atoms with Gasteiger partial charge in [-0.25, -0.2) is 4.39 Å². The van der Waals surface area contributed by atoms with E-state index >= 15 is 0 Å². The number of amides is 2. The fourth-order valence-corrected chi connectivity index (χ4v) is 3.59. The Morgan fingerprint density at radius 1 is 1.26 bits per heavy atom. The van der Waals surface area contributed by atoms with E-state index in [9.17, 15) is 14.0 Å². The molecule has 1 atom stereocenters. The van der Waals surface area contributed by atoms with Gasteiger partial charge in [0.25, 0.3) is 0 Å². The maximum Gasteiger partial charge on any atom is 0.229 e. The van der Waals surface area contributed by atoms with Crippen LogP contribution in [0, 0.1) is 25.6 Å². The fraction of sp³-hybridized carbons (Fsp3) is 0.250. The number of hydrogen-bond donors (Lipinski definition) is 2. The molecular weight excluding hydrogens is 347 g/mol. The number of hydrogen-bond acceptors (Lipinski definition) is 3. The van der Waals surface area contributed by atoms with E-state index in [-0.39, 0.29) is 36.0 Å². The molecule has 2 heterocycles. The number of nitrogens with one attached hydrogen (secondary N) is 2. The molecule has 0 spiro atoms. The molecule has 0 saturated carbocycles. The summed E-state index contributed by atoms with van der Waals surface area (Å²) >= 11 is 0. The highest BCUT2D eigenvalue weighted by molar-refractivity contribution is 6.07. The molecular formula is C20H19FN4O2. The smallest absolute Gasteiger partial charge is 0.229 e. The van der Waals surface area contributed by atoms with Gasteiger partial charge in [-0.2, -0.15) is 5.10 Å². The van der Waals surface area contributed by atoms with Crippen LogP contribution in [0.5, 0.6) is 0 Å². The first-order valence-electron chi connectivity index (χ1n) is 8.74. The number of nitrogens with zero attached hydrogens (tertiary/aromatic N) is 2. The van der Waals surface area contributed by atoms with Crippen molar-refractivity contribution >= 4 is 34.2 Å². The Morgan fingerprint density at radius 3 is 2.74 bits per heavy atom. The lowest BCUT2D eigenvalue weighted by molar-refractivity contribution is -0.122. The highest BCUT2D eigenvalue weighted by Gasteiger charge is 2.37. The summed E-state index contributed by atoms with van der Waals surface area (Å²) in [6, 6.07) is 10.4. The van der Waals surface area contributed by atoms with Crippen molar-refractivity contribution in [2.45, 2.75) is 20.3 Å². The predicted octanol–water partition coefficient (Wildman–Crippen LogP) is 3.31. The van der Waals surface area contributed by atoms with Crippen molar-refractivity contribution in [2.75, 3.05) is 16.8 Å². The molecule has 0 bridgehead atoms. The number of H-pyrrole nitrogens is 1. The third kappa shape index (κ3) is 3.16. The Bertz CT molecular complexity index is 1040. The lowest BCUT2D eigenvalue weighted by atomic mass is 10.1. The number of carbonyl (C=O) groups is 2. The highest BCUT2D eigenvalue weighted by Crippen LogP contribution is 2.31. The Balaban J connectivity index is 1.55. The van der Waals surface area contributed by atoms with Gasteiger partial charge >= 0.3 is 0 Å². The van der Waals surface area contributed by atoms with Crippen molar-refractivity contribution in [1.82, 2.24) is 10.2 Å². The number of benzene rings is 2. The molecule has 2 N–H and O–H groups in total. The first-order chi connectivity index (χ1) is 12.9. The third-order valence-electron chi connectivity index (χ3n) is 4.76. The quantitative estimate of drug-likeness (QED) is 0.746. The second-order valence-electron chi connectivity index (χ2n) is 6.98. The van der Waals surface area contributed by atoms with Crippen molar-refractivity contribution in [3.8, 4) is 0 Å². The van der Waals surface area contributed by atoms with Crippen molar-refractivity contribution in [3.05, 3.63) is 53.3 Å². The molecule has 1 fully saturated rings. The molecule has 1 saturated heterocycles. The normalized spacial score (nSPS) is 16.9. The van der Waals surface area contributed by atoms with Crippen LogP contribution < -0.4 is 10.2 Å². The van der Waals surface area contributed by atoms with Gasteiger partial charge in [-0.3, -0.25) is 19.6 Å². The molecule has 0 radical (unpaired) electrons. The number of carbonyl (C=O) groups excluding carboxylic acids is 2. The zero-order valence-corrected chi connectivity index (χ0v) is 15.0.